The lowest BCUT2D eigenvalue weighted by Gasteiger charge is -2.13. The highest BCUT2D eigenvalue weighted by atomic mass is 19.4. The number of nitrogens with two attached hydrogens (primary N) is 1. The lowest BCUT2D eigenvalue weighted by atomic mass is 10.1. The molecule has 5 heteroatoms. The maximum absolute atomic E-state index is 12.4. The van der Waals surface area contributed by atoms with Crippen molar-refractivity contribution in [3.05, 3.63) is 29.3 Å². The van der Waals surface area contributed by atoms with E-state index in [0.29, 0.717) is 11.3 Å². The topological polar surface area (TPSA) is 38.0 Å². The van der Waals surface area contributed by atoms with Crippen molar-refractivity contribution in [2.24, 2.45) is 5.73 Å². The summed E-state index contributed by atoms with van der Waals surface area (Å²) in [6.07, 6.45) is -3.40. The van der Waals surface area contributed by atoms with Crippen molar-refractivity contribution >= 4 is 5.69 Å². The molecule has 1 aromatic rings. The van der Waals surface area contributed by atoms with E-state index in [1.165, 1.54) is 6.07 Å². The second-order valence-electron chi connectivity index (χ2n) is 3.50. The normalized spacial score (nSPS) is 11.6. The molecular formula is C11H15F3N2. The Kier molecular flexibility index (Phi) is 4.18. The molecule has 0 radical (unpaired) electrons. The number of rotatable bonds is 4. The molecule has 0 heterocycles. The van der Waals surface area contributed by atoms with Gasteiger partial charge in [-0.3, -0.25) is 0 Å². The Morgan fingerprint density at radius 2 is 2.00 bits per heavy atom. The van der Waals surface area contributed by atoms with Gasteiger partial charge in [0.15, 0.2) is 0 Å². The Labute approximate surface area is 92.6 Å². The third kappa shape index (κ3) is 3.13. The van der Waals surface area contributed by atoms with E-state index >= 15 is 0 Å². The molecule has 0 saturated carbocycles. The fraction of sp³-hybridized carbons (Fsp3) is 0.455. The van der Waals surface area contributed by atoms with Crippen molar-refractivity contribution < 1.29 is 13.2 Å². The van der Waals surface area contributed by atoms with Crippen LogP contribution in [0.4, 0.5) is 18.9 Å². The average Bonchev–Trinajstić information content (AvgIpc) is 2.24. The highest BCUT2D eigenvalue weighted by Gasteiger charge is 2.30. The summed E-state index contributed by atoms with van der Waals surface area (Å²) in [5.41, 5.74) is 5.94. The molecule has 1 rings (SSSR count). The monoisotopic (exact) mass is 232 g/mol. The van der Waals surface area contributed by atoms with Crippen molar-refractivity contribution in [2.75, 3.05) is 11.9 Å². The van der Waals surface area contributed by atoms with Gasteiger partial charge in [0.2, 0.25) is 0 Å². The Balaban J connectivity index is 2.97. The second-order valence-corrected chi connectivity index (χ2v) is 3.50. The fourth-order valence-electron chi connectivity index (χ4n) is 1.37. The zero-order valence-electron chi connectivity index (χ0n) is 9.06. The summed E-state index contributed by atoms with van der Waals surface area (Å²) >= 11 is 0. The third-order valence-corrected chi connectivity index (χ3v) is 2.22. The molecule has 0 amide bonds. The van der Waals surface area contributed by atoms with Crippen molar-refractivity contribution in [3.63, 3.8) is 0 Å². The highest BCUT2D eigenvalue weighted by molar-refractivity contribution is 5.53. The first-order valence-electron chi connectivity index (χ1n) is 5.13. The largest absolute Gasteiger partial charge is 0.416 e. The number of halogens is 3. The van der Waals surface area contributed by atoms with Crippen LogP contribution in [-0.4, -0.2) is 6.54 Å². The van der Waals surface area contributed by atoms with Crippen LogP contribution in [0.5, 0.6) is 0 Å². The quantitative estimate of drug-likeness (QED) is 0.837. The molecule has 90 valence electrons. The standard InChI is InChI=1S/C11H15F3N2/c1-2-5-16-10-4-3-9(11(12,13)14)6-8(10)7-15/h3-4,6,16H,2,5,7,15H2,1H3. The van der Waals surface area contributed by atoms with E-state index in [4.69, 9.17) is 5.73 Å². The lowest BCUT2D eigenvalue weighted by molar-refractivity contribution is -0.137. The van der Waals surface area contributed by atoms with Crippen LogP contribution in [0.25, 0.3) is 0 Å². The number of hydrogen-bond acceptors (Lipinski definition) is 2. The van der Waals surface area contributed by atoms with Crippen LogP contribution in [0, 0.1) is 0 Å². The van der Waals surface area contributed by atoms with Gasteiger partial charge < -0.3 is 11.1 Å². The van der Waals surface area contributed by atoms with Crippen molar-refractivity contribution in [2.45, 2.75) is 26.1 Å². The predicted octanol–water partition coefficient (Wildman–Crippen LogP) is 2.99. The molecule has 1 aromatic carbocycles. The van der Waals surface area contributed by atoms with Crippen molar-refractivity contribution in [3.8, 4) is 0 Å². The minimum absolute atomic E-state index is 0.0932. The lowest BCUT2D eigenvalue weighted by Crippen LogP contribution is -2.10. The predicted molar refractivity (Wildman–Crippen MR) is 58.1 cm³/mol. The van der Waals surface area contributed by atoms with Crippen LogP contribution in [0.2, 0.25) is 0 Å². The Hall–Kier alpha value is -1.23. The minimum Gasteiger partial charge on any atom is -0.385 e. The molecule has 0 fully saturated rings. The molecule has 0 aliphatic rings. The van der Waals surface area contributed by atoms with E-state index in [-0.39, 0.29) is 6.54 Å². The summed E-state index contributed by atoms with van der Waals surface area (Å²) in [6, 6.07) is 3.59. The SMILES string of the molecule is CCCNc1ccc(C(F)(F)F)cc1CN. The minimum atomic E-state index is -4.31. The molecule has 0 unspecified atom stereocenters. The number of anilines is 1. The van der Waals surface area contributed by atoms with E-state index in [1.54, 1.807) is 0 Å². The molecule has 2 nitrogen and oxygen atoms in total. The summed E-state index contributed by atoms with van der Waals surface area (Å²) in [4.78, 5) is 0. The van der Waals surface area contributed by atoms with E-state index in [9.17, 15) is 13.2 Å². The molecule has 3 N–H and O–H groups in total. The smallest absolute Gasteiger partial charge is 0.385 e. The summed E-state index contributed by atoms with van der Waals surface area (Å²) in [5.74, 6) is 0. The molecule has 0 aliphatic carbocycles. The van der Waals surface area contributed by atoms with Gasteiger partial charge in [0.25, 0.3) is 0 Å². The number of alkyl halides is 3. The first-order valence-corrected chi connectivity index (χ1v) is 5.13. The maximum Gasteiger partial charge on any atom is 0.416 e. The Morgan fingerprint density at radius 3 is 2.50 bits per heavy atom. The fourth-order valence-corrected chi connectivity index (χ4v) is 1.37. The first-order chi connectivity index (χ1) is 7.49. The van der Waals surface area contributed by atoms with Gasteiger partial charge in [-0.1, -0.05) is 6.92 Å². The average molecular weight is 232 g/mol. The molecule has 0 atom stereocenters. The summed E-state index contributed by atoms with van der Waals surface area (Å²) in [5, 5.41) is 3.05. The second kappa shape index (κ2) is 5.21. The molecular weight excluding hydrogens is 217 g/mol. The third-order valence-electron chi connectivity index (χ3n) is 2.22. The summed E-state index contributed by atoms with van der Waals surface area (Å²) < 4.78 is 37.3. The van der Waals surface area contributed by atoms with E-state index < -0.39 is 11.7 Å². The maximum atomic E-state index is 12.4. The Morgan fingerprint density at radius 1 is 1.31 bits per heavy atom. The van der Waals surface area contributed by atoms with Crippen LogP contribution in [0.15, 0.2) is 18.2 Å². The van der Waals surface area contributed by atoms with Crippen molar-refractivity contribution in [1.29, 1.82) is 0 Å². The van der Waals surface area contributed by atoms with Gasteiger partial charge in [0.1, 0.15) is 0 Å². The molecule has 0 bridgehead atoms. The van der Waals surface area contributed by atoms with Crippen molar-refractivity contribution in [1.82, 2.24) is 0 Å². The zero-order valence-corrected chi connectivity index (χ0v) is 9.06. The van der Waals surface area contributed by atoms with Crippen LogP contribution >= 0.6 is 0 Å². The van der Waals surface area contributed by atoms with Crippen LogP contribution < -0.4 is 11.1 Å². The zero-order chi connectivity index (χ0) is 12.2. The molecule has 16 heavy (non-hydrogen) atoms. The summed E-state index contributed by atoms with van der Waals surface area (Å²) in [6.45, 7) is 2.80. The molecule has 0 aliphatic heterocycles. The highest BCUT2D eigenvalue weighted by Crippen LogP contribution is 2.31. The van der Waals surface area contributed by atoms with Gasteiger partial charge in [-0.2, -0.15) is 13.2 Å². The van der Waals surface area contributed by atoms with Gasteiger partial charge in [-0.05, 0) is 30.2 Å². The number of benzene rings is 1. The van der Waals surface area contributed by atoms with Gasteiger partial charge in [-0.25, -0.2) is 0 Å². The van der Waals surface area contributed by atoms with Gasteiger partial charge in [0.05, 0.1) is 5.56 Å². The van der Waals surface area contributed by atoms with Crippen LogP contribution in [0.3, 0.4) is 0 Å². The summed E-state index contributed by atoms with van der Waals surface area (Å²) in [7, 11) is 0. The molecule has 0 spiro atoms. The van der Waals surface area contributed by atoms with E-state index in [2.05, 4.69) is 5.32 Å². The van der Waals surface area contributed by atoms with Gasteiger partial charge in [0, 0.05) is 18.8 Å². The molecule has 0 aromatic heterocycles. The number of hydrogen-bond donors (Lipinski definition) is 2. The Bertz CT molecular complexity index is 348. The van der Waals surface area contributed by atoms with E-state index in [1.807, 2.05) is 6.92 Å². The van der Waals surface area contributed by atoms with Gasteiger partial charge in [-0.15, -0.1) is 0 Å². The molecule has 0 saturated heterocycles. The van der Waals surface area contributed by atoms with Crippen LogP contribution in [-0.2, 0) is 12.7 Å². The van der Waals surface area contributed by atoms with E-state index in [0.717, 1.165) is 25.1 Å². The van der Waals surface area contributed by atoms with Gasteiger partial charge >= 0.3 is 6.18 Å². The van der Waals surface area contributed by atoms with Crippen LogP contribution in [0.1, 0.15) is 24.5 Å². The first kappa shape index (κ1) is 12.8. The number of nitrogens with one attached hydrogen (secondary N) is 1.